The summed E-state index contributed by atoms with van der Waals surface area (Å²) >= 11 is 0. The van der Waals surface area contributed by atoms with E-state index in [2.05, 4.69) is 11.0 Å². The number of methoxy groups -OCH3 is 1. The zero-order chi connectivity index (χ0) is 12.1. The molecule has 17 heavy (non-hydrogen) atoms. The van der Waals surface area contributed by atoms with Gasteiger partial charge >= 0.3 is 0 Å². The van der Waals surface area contributed by atoms with Crippen molar-refractivity contribution in [1.29, 1.82) is 0 Å². The SMILES string of the molecule is COc1ccccc1N1CCOCC1CCN. The molecule has 0 saturated carbocycles. The Hall–Kier alpha value is -1.26. The fourth-order valence-corrected chi connectivity index (χ4v) is 2.27. The first kappa shape index (κ1) is 12.2. The number of benzene rings is 1. The third kappa shape index (κ3) is 2.70. The molecule has 0 amide bonds. The molecule has 1 unspecified atom stereocenters. The van der Waals surface area contributed by atoms with Crippen molar-refractivity contribution in [1.82, 2.24) is 0 Å². The second-order valence-electron chi connectivity index (χ2n) is 4.17. The lowest BCUT2D eigenvalue weighted by molar-refractivity contribution is 0.0920. The molecule has 1 heterocycles. The highest BCUT2D eigenvalue weighted by Crippen LogP contribution is 2.30. The molecule has 2 N–H and O–H groups in total. The van der Waals surface area contributed by atoms with Crippen molar-refractivity contribution in [2.24, 2.45) is 5.73 Å². The number of ether oxygens (including phenoxy) is 2. The van der Waals surface area contributed by atoms with E-state index in [0.717, 1.165) is 37.6 Å². The van der Waals surface area contributed by atoms with Gasteiger partial charge in [0.15, 0.2) is 0 Å². The van der Waals surface area contributed by atoms with Crippen LogP contribution in [0.2, 0.25) is 0 Å². The fraction of sp³-hybridized carbons (Fsp3) is 0.538. The molecule has 1 aliphatic rings. The van der Waals surface area contributed by atoms with E-state index < -0.39 is 0 Å². The van der Waals surface area contributed by atoms with Crippen LogP contribution in [0.5, 0.6) is 5.75 Å². The van der Waals surface area contributed by atoms with Gasteiger partial charge in [0, 0.05) is 6.54 Å². The van der Waals surface area contributed by atoms with E-state index in [-0.39, 0.29) is 0 Å². The summed E-state index contributed by atoms with van der Waals surface area (Å²) in [4.78, 5) is 2.34. The van der Waals surface area contributed by atoms with Crippen LogP contribution in [-0.2, 0) is 4.74 Å². The van der Waals surface area contributed by atoms with E-state index in [1.807, 2.05) is 18.2 Å². The van der Waals surface area contributed by atoms with Crippen LogP contribution in [0.1, 0.15) is 6.42 Å². The summed E-state index contributed by atoms with van der Waals surface area (Å²) < 4.78 is 10.9. The summed E-state index contributed by atoms with van der Waals surface area (Å²) in [6.07, 6.45) is 0.943. The quantitative estimate of drug-likeness (QED) is 0.854. The molecule has 1 aliphatic heterocycles. The predicted molar refractivity (Wildman–Crippen MR) is 68.6 cm³/mol. The Labute approximate surface area is 102 Å². The van der Waals surface area contributed by atoms with Gasteiger partial charge in [-0.3, -0.25) is 0 Å². The molecule has 1 aromatic carbocycles. The highest BCUT2D eigenvalue weighted by atomic mass is 16.5. The summed E-state index contributed by atoms with van der Waals surface area (Å²) in [6.45, 7) is 3.08. The van der Waals surface area contributed by atoms with E-state index in [1.54, 1.807) is 7.11 Å². The number of para-hydroxylation sites is 2. The van der Waals surface area contributed by atoms with Gasteiger partial charge in [-0.15, -0.1) is 0 Å². The molecule has 0 aromatic heterocycles. The van der Waals surface area contributed by atoms with Crippen molar-refractivity contribution < 1.29 is 9.47 Å². The number of nitrogens with two attached hydrogens (primary N) is 1. The molecule has 1 saturated heterocycles. The van der Waals surface area contributed by atoms with Crippen LogP contribution in [0.25, 0.3) is 0 Å². The van der Waals surface area contributed by atoms with Crippen LogP contribution in [0.3, 0.4) is 0 Å². The van der Waals surface area contributed by atoms with Gasteiger partial charge in [-0.1, -0.05) is 12.1 Å². The molecular weight excluding hydrogens is 216 g/mol. The van der Waals surface area contributed by atoms with Crippen LogP contribution in [0, 0.1) is 0 Å². The van der Waals surface area contributed by atoms with Crippen molar-refractivity contribution in [2.75, 3.05) is 38.3 Å². The molecule has 0 bridgehead atoms. The van der Waals surface area contributed by atoms with Crippen molar-refractivity contribution in [3.05, 3.63) is 24.3 Å². The maximum Gasteiger partial charge on any atom is 0.142 e. The van der Waals surface area contributed by atoms with Crippen molar-refractivity contribution in [3.63, 3.8) is 0 Å². The predicted octanol–water partition coefficient (Wildman–Crippen LogP) is 1.25. The molecule has 1 atom stereocenters. The molecule has 1 aromatic rings. The lowest BCUT2D eigenvalue weighted by atomic mass is 10.1. The standard InChI is InChI=1S/C13H20N2O2/c1-16-13-5-3-2-4-12(13)15-8-9-17-10-11(15)6-7-14/h2-5,11H,6-10,14H2,1H3. The number of morpholine rings is 1. The summed E-state index contributed by atoms with van der Waals surface area (Å²) in [5.41, 5.74) is 6.79. The molecular formula is C13H20N2O2. The van der Waals surface area contributed by atoms with Crippen molar-refractivity contribution in [3.8, 4) is 5.75 Å². The lowest BCUT2D eigenvalue weighted by Crippen LogP contribution is -2.46. The number of anilines is 1. The smallest absolute Gasteiger partial charge is 0.142 e. The molecule has 0 aliphatic carbocycles. The third-order valence-electron chi connectivity index (χ3n) is 3.12. The second kappa shape index (κ2) is 5.89. The Bertz CT molecular complexity index is 355. The summed E-state index contributed by atoms with van der Waals surface area (Å²) in [7, 11) is 1.71. The number of nitrogens with zero attached hydrogens (tertiary/aromatic N) is 1. The van der Waals surface area contributed by atoms with E-state index in [4.69, 9.17) is 15.2 Å². The van der Waals surface area contributed by atoms with Crippen LogP contribution >= 0.6 is 0 Å². The van der Waals surface area contributed by atoms with Gasteiger partial charge < -0.3 is 20.1 Å². The Morgan fingerprint density at radius 1 is 1.47 bits per heavy atom. The minimum absolute atomic E-state index is 0.352. The van der Waals surface area contributed by atoms with Crippen LogP contribution in [0.4, 0.5) is 5.69 Å². The van der Waals surface area contributed by atoms with Crippen molar-refractivity contribution >= 4 is 5.69 Å². The summed E-state index contributed by atoms with van der Waals surface area (Å²) in [6, 6.07) is 8.45. The molecule has 4 heteroatoms. The van der Waals surface area contributed by atoms with Gasteiger partial charge in [-0.25, -0.2) is 0 Å². The Morgan fingerprint density at radius 3 is 3.06 bits per heavy atom. The molecule has 94 valence electrons. The van der Waals surface area contributed by atoms with Gasteiger partial charge in [0.1, 0.15) is 5.75 Å². The minimum Gasteiger partial charge on any atom is -0.495 e. The van der Waals surface area contributed by atoms with Gasteiger partial charge in [0.05, 0.1) is 32.1 Å². The number of rotatable bonds is 4. The highest BCUT2D eigenvalue weighted by molar-refractivity contribution is 5.59. The maximum absolute atomic E-state index is 5.66. The Morgan fingerprint density at radius 2 is 2.29 bits per heavy atom. The lowest BCUT2D eigenvalue weighted by Gasteiger charge is -2.37. The summed E-state index contributed by atoms with van der Waals surface area (Å²) in [5, 5.41) is 0. The van der Waals surface area contributed by atoms with Crippen LogP contribution in [-0.4, -0.2) is 39.5 Å². The fourth-order valence-electron chi connectivity index (χ4n) is 2.27. The first-order valence-corrected chi connectivity index (χ1v) is 6.04. The zero-order valence-electron chi connectivity index (χ0n) is 10.3. The molecule has 4 nitrogen and oxygen atoms in total. The first-order valence-electron chi connectivity index (χ1n) is 6.04. The van der Waals surface area contributed by atoms with Crippen molar-refractivity contribution in [2.45, 2.75) is 12.5 Å². The van der Waals surface area contributed by atoms with Gasteiger partial charge in [0.25, 0.3) is 0 Å². The number of hydrogen-bond acceptors (Lipinski definition) is 4. The topological polar surface area (TPSA) is 47.7 Å². The van der Waals surface area contributed by atoms with Gasteiger partial charge in [-0.05, 0) is 25.1 Å². The maximum atomic E-state index is 5.66. The minimum atomic E-state index is 0.352. The second-order valence-corrected chi connectivity index (χ2v) is 4.17. The average molecular weight is 236 g/mol. The molecule has 1 fully saturated rings. The monoisotopic (exact) mass is 236 g/mol. The molecule has 0 radical (unpaired) electrons. The van der Waals surface area contributed by atoms with E-state index >= 15 is 0 Å². The van der Waals surface area contributed by atoms with Gasteiger partial charge in [-0.2, -0.15) is 0 Å². The first-order chi connectivity index (χ1) is 8.36. The van der Waals surface area contributed by atoms with E-state index in [9.17, 15) is 0 Å². The highest BCUT2D eigenvalue weighted by Gasteiger charge is 2.24. The molecule has 0 spiro atoms. The summed E-state index contributed by atoms with van der Waals surface area (Å²) in [5.74, 6) is 0.913. The normalized spacial score (nSPS) is 20.4. The van der Waals surface area contributed by atoms with Crippen LogP contribution < -0.4 is 15.4 Å². The zero-order valence-corrected chi connectivity index (χ0v) is 10.3. The average Bonchev–Trinajstić information content (AvgIpc) is 2.40. The molecule has 2 rings (SSSR count). The Kier molecular flexibility index (Phi) is 4.23. The number of hydrogen-bond donors (Lipinski definition) is 1. The van der Waals surface area contributed by atoms with Gasteiger partial charge in [0.2, 0.25) is 0 Å². The largest absolute Gasteiger partial charge is 0.495 e. The van der Waals surface area contributed by atoms with Crippen LogP contribution in [0.15, 0.2) is 24.3 Å². The van der Waals surface area contributed by atoms with E-state index in [0.29, 0.717) is 12.6 Å². The Balaban J connectivity index is 2.22. The third-order valence-corrected chi connectivity index (χ3v) is 3.12. The van der Waals surface area contributed by atoms with E-state index in [1.165, 1.54) is 0 Å².